The summed E-state index contributed by atoms with van der Waals surface area (Å²) in [5.41, 5.74) is 6.43. The molecule has 5 atom stereocenters. The Bertz CT molecular complexity index is 2530. The van der Waals surface area contributed by atoms with Crippen molar-refractivity contribution in [1.82, 2.24) is 40.4 Å². The number of aromatic amines is 2. The molecular weight excluding hydrogens is 813 g/mol. The van der Waals surface area contributed by atoms with Crippen molar-refractivity contribution in [3.63, 3.8) is 0 Å². The van der Waals surface area contributed by atoms with Crippen molar-refractivity contribution in [2.24, 2.45) is 17.3 Å². The van der Waals surface area contributed by atoms with E-state index in [0.29, 0.717) is 47.8 Å². The standard InChI is InChI=1S/C49H62N8O7/c1-9-21-49(10-2)25-35-30(15-18-32-27-50-42(51-32)38-13-11-22-56(38)45(59)40(28(3)4)53-47(61)63-7)16-19-33(36(35)26-49)31-17-20-37-34(24-31)44(58)55-43(52-37)39-14-12-23-57(39)46(60)41(29(5)6)54-48(62)64-8/h16-17,19-20,24,27-29,38-41H,9-14,21-23,25-26H2,1-8H3,(H,50,51)(H,53,61)(H,54,62)(H,52,55,58). The molecular formula is C49H62N8O7. The molecule has 15 heteroatoms. The van der Waals surface area contributed by atoms with Gasteiger partial charge in [0.05, 0.1) is 43.4 Å². The molecule has 2 fully saturated rings. The van der Waals surface area contributed by atoms with E-state index >= 15 is 0 Å². The van der Waals surface area contributed by atoms with E-state index in [-0.39, 0.29) is 40.7 Å². The molecule has 64 heavy (non-hydrogen) atoms. The summed E-state index contributed by atoms with van der Waals surface area (Å²) < 4.78 is 9.56. The Balaban J connectivity index is 1.17. The van der Waals surface area contributed by atoms with Crippen molar-refractivity contribution in [3.8, 4) is 23.0 Å². The van der Waals surface area contributed by atoms with Crippen LogP contribution in [0.1, 0.15) is 133 Å². The molecule has 0 radical (unpaired) electrons. The van der Waals surface area contributed by atoms with E-state index in [1.165, 1.54) is 25.3 Å². The molecule has 7 rings (SSSR count). The first-order valence-corrected chi connectivity index (χ1v) is 22.8. The second-order valence-corrected chi connectivity index (χ2v) is 18.3. The number of methoxy groups -OCH3 is 2. The Labute approximate surface area is 374 Å². The van der Waals surface area contributed by atoms with E-state index in [1.54, 1.807) is 16.0 Å². The summed E-state index contributed by atoms with van der Waals surface area (Å²) in [6.07, 6.45) is 8.32. The third kappa shape index (κ3) is 9.23. The molecule has 0 spiro atoms. The number of rotatable bonds is 12. The van der Waals surface area contributed by atoms with Gasteiger partial charge in [-0.3, -0.25) is 14.4 Å². The zero-order chi connectivity index (χ0) is 45.9. The van der Waals surface area contributed by atoms with Crippen LogP contribution in [0.4, 0.5) is 9.59 Å². The van der Waals surface area contributed by atoms with Gasteiger partial charge in [0.15, 0.2) is 0 Å². The maximum Gasteiger partial charge on any atom is 0.407 e. The minimum absolute atomic E-state index is 0.0934. The molecule has 2 saturated heterocycles. The maximum atomic E-state index is 13.9. The number of alkyl carbamates (subject to hydrolysis) is 2. The first kappa shape index (κ1) is 45.8. The number of aromatic nitrogens is 4. The minimum Gasteiger partial charge on any atom is -0.453 e. The van der Waals surface area contributed by atoms with E-state index in [1.807, 2.05) is 45.9 Å². The Hall–Kier alpha value is -6.17. The van der Waals surface area contributed by atoms with Gasteiger partial charge in [0.1, 0.15) is 29.4 Å². The number of likely N-dealkylation sites (tertiary alicyclic amines) is 2. The number of nitrogens with one attached hydrogen (secondary N) is 4. The molecule has 0 saturated carbocycles. The molecule has 4 amide bonds. The van der Waals surface area contributed by atoms with Crippen LogP contribution in [0.15, 0.2) is 41.3 Å². The van der Waals surface area contributed by atoms with Crippen LogP contribution in [0.5, 0.6) is 0 Å². The first-order valence-electron chi connectivity index (χ1n) is 22.8. The van der Waals surface area contributed by atoms with E-state index < -0.39 is 30.3 Å². The van der Waals surface area contributed by atoms with Gasteiger partial charge in [-0.1, -0.05) is 66.0 Å². The van der Waals surface area contributed by atoms with Gasteiger partial charge in [0, 0.05) is 18.7 Å². The van der Waals surface area contributed by atoms with Crippen LogP contribution in [0.3, 0.4) is 0 Å². The number of imidazole rings is 1. The van der Waals surface area contributed by atoms with E-state index in [9.17, 15) is 24.0 Å². The molecule has 3 aliphatic rings. The second kappa shape index (κ2) is 19.3. The van der Waals surface area contributed by atoms with Crippen LogP contribution in [0, 0.1) is 29.1 Å². The number of nitrogens with zero attached hydrogens (tertiary/aromatic N) is 4. The van der Waals surface area contributed by atoms with Crippen LogP contribution in [-0.4, -0.2) is 93.1 Å². The SMILES string of the molecule is CCCC1(CC)Cc2c(C#Cc3cnc(C4CCCN4C(=O)C(NC(=O)OC)C(C)C)[nH]3)ccc(-c3ccc4nc(C5CCCN5C(=O)C(NC(=O)OC)C(C)C)[nH]c(=O)c4c3)c2C1. The van der Waals surface area contributed by atoms with Gasteiger partial charge in [-0.2, -0.15) is 0 Å². The van der Waals surface area contributed by atoms with Crippen molar-refractivity contribution in [2.45, 2.75) is 123 Å². The molecule has 15 nitrogen and oxygen atoms in total. The predicted octanol–water partition coefficient (Wildman–Crippen LogP) is 7.10. The summed E-state index contributed by atoms with van der Waals surface area (Å²) in [6, 6.07) is 7.83. The molecule has 2 aromatic carbocycles. The van der Waals surface area contributed by atoms with Crippen molar-refractivity contribution >= 4 is 34.9 Å². The lowest BCUT2D eigenvalue weighted by atomic mass is 9.78. The van der Waals surface area contributed by atoms with Crippen molar-refractivity contribution in [1.29, 1.82) is 0 Å². The molecule has 2 aromatic heterocycles. The Morgan fingerprint density at radius 1 is 0.828 bits per heavy atom. The molecule has 340 valence electrons. The number of carbonyl (C=O) groups excluding carboxylic acids is 4. The van der Waals surface area contributed by atoms with Gasteiger partial charge in [-0.05, 0) is 115 Å². The molecule has 4 aromatic rings. The first-order chi connectivity index (χ1) is 30.7. The van der Waals surface area contributed by atoms with Crippen molar-refractivity contribution in [2.75, 3.05) is 27.3 Å². The summed E-state index contributed by atoms with van der Waals surface area (Å²) in [5, 5.41) is 5.84. The number of hydrogen-bond acceptors (Lipinski definition) is 9. The summed E-state index contributed by atoms with van der Waals surface area (Å²) in [4.78, 5) is 84.9. The monoisotopic (exact) mass is 874 g/mol. The number of carbonyl (C=O) groups is 4. The topological polar surface area (TPSA) is 192 Å². The highest BCUT2D eigenvalue weighted by Crippen LogP contribution is 2.47. The number of benzene rings is 2. The Morgan fingerprint density at radius 2 is 1.44 bits per heavy atom. The summed E-state index contributed by atoms with van der Waals surface area (Å²) >= 11 is 0. The van der Waals surface area contributed by atoms with Gasteiger partial charge in [-0.15, -0.1) is 0 Å². The lowest BCUT2D eigenvalue weighted by molar-refractivity contribution is -0.136. The van der Waals surface area contributed by atoms with E-state index in [0.717, 1.165) is 68.1 Å². The van der Waals surface area contributed by atoms with Crippen LogP contribution >= 0.6 is 0 Å². The van der Waals surface area contributed by atoms with Gasteiger partial charge < -0.3 is 39.9 Å². The molecule has 1 aliphatic carbocycles. The molecule has 2 aliphatic heterocycles. The molecule has 4 heterocycles. The highest BCUT2D eigenvalue weighted by atomic mass is 16.5. The average molecular weight is 875 g/mol. The Morgan fingerprint density at radius 3 is 2.02 bits per heavy atom. The van der Waals surface area contributed by atoms with Crippen molar-refractivity contribution < 1.29 is 28.7 Å². The third-order valence-corrected chi connectivity index (χ3v) is 13.5. The molecule has 0 bridgehead atoms. The van der Waals surface area contributed by atoms with Crippen LogP contribution in [0.2, 0.25) is 0 Å². The van der Waals surface area contributed by atoms with Gasteiger partial charge >= 0.3 is 12.2 Å². The second-order valence-electron chi connectivity index (χ2n) is 18.3. The number of ether oxygens (including phenoxy) is 2. The lowest BCUT2D eigenvalue weighted by Gasteiger charge is -2.30. The van der Waals surface area contributed by atoms with Crippen LogP contribution in [0.25, 0.3) is 22.0 Å². The highest BCUT2D eigenvalue weighted by Gasteiger charge is 2.40. The number of amides is 4. The van der Waals surface area contributed by atoms with Crippen molar-refractivity contribution in [3.05, 3.63) is 80.9 Å². The fourth-order valence-electron chi connectivity index (χ4n) is 10.0. The predicted molar refractivity (Wildman–Crippen MR) is 243 cm³/mol. The molecule has 5 unspecified atom stereocenters. The van der Waals surface area contributed by atoms with Crippen LogP contribution in [-0.2, 0) is 31.9 Å². The largest absolute Gasteiger partial charge is 0.453 e. The average Bonchev–Trinajstić information content (AvgIpc) is 4.12. The Kier molecular flexibility index (Phi) is 13.8. The number of hydrogen-bond donors (Lipinski definition) is 4. The normalized spacial score (nSPS) is 20.2. The maximum absolute atomic E-state index is 13.9. The fourth-order valence-corrected chi connectivity index (χ4v) is 10.0. The minimum atomic E-state index is -0.779. The summed E-state index contributed by atoms with van der Waals surface area (Å²) in [7, 11) is 2.55. The fraction of sp³-hybridized carbons (Fsp3) is 0.531. The zero-order valence-corrected chi connectivity index (χ0v) is 38.4. The quantitative estimate of drug-likeness (QED) is 0.108. The van der Waals surface area contributed by atoms with Crippen LogP contribution < -0.4 is 16.2 Å². The lowest BCUT2D eigenvalue weighted by Crippen LogP contribution is -2.51. The summed E-state index contributed by atoms with van der Waals surface area (Å²) in [6.45, 7) is 13.1. The third-order valence-electron chi connectivity index (χ3n) is 13.5. The summed E-state index contributed by atoms with van der Waals surface area (Å²) in [5.74, 6) is 7.19. The number of fused-ring (bicyclic) bond motifs is 2. The zero-order valence-electron chi connectivity index (χ0n) is 38.4. The van der Waals surface area contributed by atoms with Gasteiger partial charge in [0.25, 0.3) is 5.56 Å². The molecule has 4 N–H and O–H groups in total. The van der Waals surface area contributed by atoms with Gasteiger partial charge in [0.2, 0.25) is 11.8 Å². The smallest absolute Gasteiger partial charge is 0.407 e. The van der Waals surface area contributed by atoms with E-state index in [4.69, 9.17) is 14.5 Å². The number of H-pyrrole nitrogens is 2. The highest BCUT2D eigenvalue weighted by molar-refractivity contribution is 5.88. The van der Waals surface area contributed by atoms with Gasteiger partial charge in [-0.25, -0.2) is 19.6 Å². The van der Waals surface area contributed by atoms with E-state index in [2.05, 4.69) is 63.4 Å².